The van der Waals surface area contributed by atoms with Crippen molar-refractivity contribution < 1.29 is 23.9 Å². The summed E-state index contributed by atoms with van der Waals surface area (Å²) >= 11 is 0. The maximum atomic E-state index is 10.3. The number of methoxy groups -OCH3 is 3. The molecule has 39 heavy (non-hydrogen) atoms. The molecule has 0 fully saturated rings. The van der Waals surface area contributed by atoms with Gasteiger partial charge in [-0.15, -0.1) is 0 Å². The number of pyridine rings is 1. The van der Waals surface area contributed by atoms with Crippen molar-refractivity contribution in [3.8, 4) is 39.5 Å². The lowest BCUT2D eigenvalue weighted by molar-refractivity contribution is -0.642. The van der Waals surface area contributed by atoms with Crippen LogP contribution >= 0.6 is 0 Å². The highest BCUT2D eigenvalue weighted by atomic mass is 16.5. The van der Waals surface area contributed by atoms with E-state index < -0.39 is 0 Å². The molecule has 0 aliphatic carbocycles. The molecule has 1 aromatic heterocycles. The van der Waals surface area contributed by atoms with Gasteiger partial charge in [-0.05, 0) is 51.9 Å². The fourth-order valence-electron chi connectivity index (χ4n) is 5.69. The fourth-order valence-corrected chi connectivity index (χ4v) is 5.69. The number of nitrogens with zero attached hydrogens (tertiary/aromatic N) is 1. The number of aromatic nitrogens is 1. The lowest BCUT2D eigenvalue weighted by atomic mass is 9.91. The minimum Gasteiger partial charge on any atom is -0.495 e. The molecule has 0 bridgehead atoms. The Hall–Kier alpha value is -4.61. The van der Waals surface area contributed by atoms with Gasteiger partial charge in [0.15, 0.2) is 17.7 Å². The third-order valence-electron chi connectivity index (χ3n) is 7.51. The zero-order chi connectivity index (χ0) is 27.1. The molecule has 0 aliphatic rings. The molecule has 0 spiro atoms. The lowest BCUT2D eigenvalue weighted by Gasteiger charge is -2.17. The zero-order valence-corrected chi connectivity index (χ0v) is 22.5. The molecule has 1 heterocycles. The van der Waals surface area contributed by atoms with Crippen LogP contribution in [0.5, 0.6) is 17.2 Å². The lowest BCUT2D eigenvalue weighted by Crippen LogP contribution is -2.29. The molecule has 0 amide bonds. The quantitative estimate of drug-likeness (QED) is 0.195. The zero-order valence-electron chi connectivity index (χ0n) is 22.5. The van der Waals surface area contributed by atoms with Gasteiger partial charge in [0.25, 0.3) is 0 Å². The highest BCUT2D eigenvalue weighted by molar-refractivity contribution is 6.19. The first-order chi connectivity index (χ1) is 19.1. The summed E-state index contributed by atoms with van der Waals surface area (Å²) in [5.41, 5.74) is 6.26. The predicted molar refractivity (Wildman–Crippen MR) is 157 cm³/mol. The largest absolute Gasteiger partial charge is 0.495 e. The smallest absolute Gasteiger partial charge is 0.220 e. The van der Waals surface area contributed by atoms with Gasteiger partial charge < -0.3 is 19.3 Å². The Morgan fingerprint density at radius 3 is 2.00 bits per heavy atom. The summed E-state index contributed by atoms with van der Waals surface area (Å²) in [7, 11) is 7.00. The number of benzene rings is 5. The normalized spacial score (nSPS) is 11.3. The van der Waals surface area contributed by atoms with Crippen molar-refractivity contribution in [2.75, 3.05) is 21.3 Å². The number of aliphatic hydroxyl groups is 1. The van der Waals surface area contributed by atoms with Gasteiger partial charge in [-0.3, -0.25) is 0 Å². The van der Waals surface area contributed by atoms with Crippen LogP contribution in [0, 0.1) is 0 Å². The Morgan fingerprint density at radius 1 is 0.667 bits per heavy atom. The van der Waals surface area contributed by atoms with Gasteiger partial charge in [0.05, 0.1) is 44.1 Å². The molecule has 0 atom stereocenters. The van der Waals surface area contributed by atoms with Gasteiger partial charge in [-0.1, -0.05) is 60.7 Å². The van der Waals surface area contributed by atoms with E-state index in [1.165, 1.54) is 5.56 Å². The molecule has 6 rings (SSSR count). The molecular weight excluding hydrogens is 486 g/mol. The van der Waals surface area contributed by atoms with Gasteiger partial charge in [-0.25, -0.2) is 0 Å². The van der Waals surface area contributed by atoms with E-state index in [0.29, 0.717) is 17.2 Å². The second-order valence-corrected chi connectivity index (χ2v) is 9.64. The van der Waals surface area contributed by atoms with Crippen molar-refractivity contribution in [3.63, 3.8) is 0 Å². The summed E-state index contributed by atoms with van der Waals surface area (Å²) in [6.07, 6.45) is 2.09. The predicted octanol–water partition coefficient (Wildman–Crippen LogP) is 6.82. The van der Waals surface area contributed by atoms with E-state index in [1.54, 1.807) is 21.3 Å². The van der Waals surface area contributed by atoms with Crippen LogP contribution in [0.2, 0.25) is 0 Å². The topological polar surface area (TPSA) is 51.8 Å². The van der Waals surface area contributed by atoms with E-state index in [9.17, 15) is 5.11 Å². The summed E-state index contributed by atoms with van der Waals surface area (Å²) in [6.45, 7) is -0.120. The molecular formula is C34H30NO4+. The minimum absolute atomic E-state index is 0.120. The molecule has 5 nitrogen and oxygen atoms in total. The van der Waals surface area contributed by atoms with Crippen LogP contribution in [0.25, 0.3) is 54.7 Å². The SMILES string of the molecule is COc1cc2ccc3c4c(-c5ccc(-c6ccccc6)cc5)cc(CO)c(OC)c4c[n+](C)c3c2cc1OC. The maximum absolute atomic E-state index is 10.3. The fraction of sp³-hybridized carbons (Fsp3) is 0.147. The number of ether oxygens (including phenoxy) is 3. The third kappa shape index (κ3) is 4.03. The molecule has 6 aromatic rings. The highest BCUT2D eigenvalue weighted by Gasteiger charge is 2.23. The number of hydrogen-bond donors (Lipinski definition) is 1. The first kappa shape index (κ1) is 24.7. The number of aryl methyl sites for hydroxylation is 1. The summed E-state index contributed by atoms with van der Waals surface area (Å²) in [5, 5.41) is 15.5. The molecule has 1 N–H and O–H groups in total. The summed E-state index contributed by atoms with van der Waals surface area (Å²) in [5.74, 6) is 2.06. The third-order valence-corrected chi connectivity index (χ3v) is 7.51. The van der Waals surface area contributed by atoms with E-state index in [2.05, 4.69) is 77.5 Å². The number of hydrogen-bond acceptors (Lipinski definition) is 4. The van der Waals surface area contributed by atoms with E-state index in [1.807, 2.05) is 25.2 Å². The number of rotatable bonds is 6. The Kier molecular flexibility index (Phi) is 6.29. The molecule has 0 aliphatic heterocycles. The van der Waals surface area contributed by atoms with Crippen molar-refractivity contribution >= 4 is 32.4 Å². The van der Waals surface area contributed by atoms with Gasteiger partial charge in [-0.2, -0.15) is 4.57 Å². The van der Waals surface area contributed by atoms with E-state index >= 15 is 0 Å². The first-order valence-electron chi connectivity index (χ1n) is 12.8. The average molecular weight is 517 g/mol. The maximum Gasteiger partial charge on any atom is 0.220 e. The second kappa shape index (κ2) is 9.93. The van der Waals surface area contributed by atoms with Crippen LogP contribution in [0.15, 0.2) is 91.1 Å². The van der Waals surface area contributed by atoms with Crippen molar-refractivity contribution in [3.05, 3.63) is 96.7 Å². The Balaban J connectivity index is 1.70. The molecule has 5 heteroatoms. The van der Waals surface area contributed by atoms with Crippen molar-refractivity contribution in [1.82, 2.24) is 0 Å². The standard InChI is InChI=1S/C34H30NO4/c1-35-19-29-32(26-15-14-24-17-30(37-2)31(38-3)18-28(24)33(26)35)27(16-25(20-36)34(29)39-4)23-12-10-22(11-13-23)21-8-6-5-7-9-21/h5-19,36H,20H2,1-4H3/q+1. The molecule has 0 unspecified atom stereocenters. The summed E-state index contributed by atoms with van der Waals surface area (Å²) < 4.78 is 19.2. The second-order valence-electron chi connectivity index (χ2n) is 9.64. The molecule has 0 saturated carbocycles. The van der Waals surface area contributed by atoms with Crippen LogP contribution in [0.1, 0.15) is 5.56 Å². The highest BCUT2D eigenvalue weighted by Crippen LogP contribution is 2.43. The molecule has 5 aromatic carbocycles. The minimum atomic E-state index is -0.120. The van der Waals surface area contributed by atoms with Gasteiger partial charge in [0.1, 0.15) is 12.8 Å². The van der Waals surface area contributed by atoms with Gasteiger partial charge in [0, 0.05) is 10.9 Å². The Labute approximate surface area is 227 Å². The van der Waals surface area contributed by atoms with Crippen LogP contribution in [-0.2, 0) is 13.7 Å². The molecule has 194 valence electrons. The first-order valence-corrected chi connectivity index (χ1v) is 12.8. The van der Waals surface area contributed by atoms with Crippen LogP contribution in [-0.4, -0.2) is 26.4 Å². The molecule has 0 saturated heterocycles. The van der Waals surface area contributed by atoms with Crippen LogP contribution in [0.3, 0.4) is 0 Å². The van der Waals surface area contributed by atoms with Crippen molar-refractivity contribution in [1.29, 1.82) is 0 Å². The molecule has 0 radical (unpaired) electrons. The summed E-state index contributed by atoms with van der Waals surface area (Å²) in [6, 6.07) is 29.3. The van der Waals surface area contributed by atoms with Gasteiger partial charge >= 0.3 is 0 Å². The Bertz CT molecular complexity index is 1840. The van der Waals surface area contributed by atoms with Crippen LogP contribution in [0.4, 0.5) is 0 Å². The Morgan fingerprint density at radius 2 is 1.33 bits per heavy atom. The van der Waals surface area contributed by atoms with Gasteiger partial charge in [0.2, 0.25) is 5.52 Å². The summed E-state index contributed by atoms with van der Waals surface area (Å²) in [4.78, 5) is 0. The van der Waals surface area contributed by atoms with Crippen molar-refractivity contribution in [2.45, 2.75) is 6.61 Å². The monoisotopic (exact) mass is 516 g/mol. The number of aliphatic hydroxyl groups excluding tert-OH is 1. The average Bonchev–Trinajstić information content (AvgIpc) is 2.99. The van der Waals surface area contributed by atoms with E-state index in [-0.39, 0.29) is 6.61 Å². The van der Waals surface area contributed by atoms with Crippen LogP contribution < -0.4 is 18.8 Å². The van der Waals surface area contributed by atoms with E-state index in [0.717, 1.165) is 54.7 Å². The van der Waals surface area contributed by atoms with E-state index in [4.69, 9.17) is 14.2 Å². The number of fused-ring (bicyclic) bond motifs is 5. The van der Waals surface area contributed by atoms with Crippen molar-refractivity contribution in [2.24, 2.45) is 7.05 Å².